The Labute approximate surface area is 85.3 Å². The summed E-state index contributed by atoms with van der Waals surface area (Å²) in [5.74, 6) is 0.230. The smallest absolute Gasteiger partial charge is 0.263 e. The first-order chi connectivity index (χ1) is 6.66. The third-order valence-electron chi connectivity index (χ3n) is 3.03. The van der Waals surface area contributed by atoms with Gasteiger partial charge in [0.2, 0.25) is 0 Å². The number of carbonyl (C=O) groups is 1. The monoisotopic (exact) mass is 200 g/mol. The van der Waals surface area contributed by atoms with Crippen molar-refractivity contribution in [2.24, 2.45) is 11.7 Å². The molecule has 0 unspecified atom stereocenters. The molecule has 0 spiro atoms. The van der Waals surface area contributed by atoms with E-state index in [0.717, 1.165) is 12.8 Å². The number of rotatable bonds is 3. The molecule has 14 heavy (non-hydrogen) atoms. The van der Waals surface area contributed by atoms with E-state index in [1.807, 2.05) is 0 Å². The molecular weight excluding hydrogens is 180 g/mol. The van der Waals surface area contributed by atoms with Crippen molar-refractivity contribution in [3.8, 4) is 0 Å². The first-order valence-corrected chi connectivity index (χ1v) is 5.24. The van der Waals surface area contributed by atoms with Gasteiger partial charge in [-0.25, -0.2) is 5.06 Å². The lowest BCUT2D eigenvalue weighted by molar-refractivity contribution is -0.171. The molecule has 0 bridgehead atoms. The molecule has 1 amide bonds. The molecule has 0 radical (unpaired) electrons. The number of likely N-dealkylation sites (N-methyl/N-ethyl adjacent to an activating group) is 1. The average molecular weight is 200 g/mol. The van der Waals surface area contributed by atoms with Gasteiger partial charge in [0, 0.05) is 7.05 Å². The Morgan fingerprint density at radius 2 is 2.00 bits per heavy atom. The fourth-order valence-electron chi connectivity index (χ4n) is 1.99. The lowest BCUT2D eigenvalue weighted by Crippen LogP contribution is -2.46. The fourth-order valence-corrected chi connectivity index (χ4v) is 1.99. The van der Waals surface area contributed by atoms with Gasteiger partial charge in [-0.2, -0.15) is 0 Å². The Kier molecular flexibility index (Phi) is 4.35. The quantitative estimate of drug-likeness (QED) is 0.689. The largest absolute Gasteiger partial charge is 0.320 e. The van der Waals surface area contributed by atoms with Crippen LogP contribution in [0.3, 0.4) is 0 Å². The number of nitrogens with zero attached hydrogens (tertiary/aromatic N) is 1. The maximum Gasteiger partial charge on any atom is 0.263 e. The van der Waals surface area contributed by atoms with E-state index in [9.17, 15) is 4.79 Å². The second kappa shape index (κ2) is 5.32. The van der Waals surface area contributed by atoms with Crippen molar-refractivity contribution >= 4 is 5.91 Å². The third-order valence-corrected chi connectivity index (χ3v) is 3.03. The molecule has 1 aliphatic carbocycles. The van der Waals surface area contributed by atoms with Crippen LogP contribution < -0.4 is 5.73 Å². The minimum Gasteiger partial charge on any atom is -0.320 e. The maximum atomic E-state index is 11.6. The molecule has 0 aromatic rings. The van der Waals surface area contributed by atoms with Crippen LogP contribution in [-0.2, 0) is 9.63 Å². The van der Waals surface area contributed by atoms with Gasteiger partial charge in [0.15, 0.2) is 0 Å². The SMILES string of the molecule is CON(C)C(=O)[C@H](N)C1CCCCC1. The van der Waals surface area contributed by atoms with Crippen LogP contribution in [0, 0.1) is 5.92 Å². The topological polar surface area (TPSA) is 55.6 Å². The molecule has 0 aromatic carbocycles. The van der Waals surface area contributed by atoms with Crippen LogP contribution in [0.1, 0.15) is 32.1 Å². The standard InChI is InChI=1S/C10H20N2O2/c1-12(14-2)10(13)9(11)8-6-4-3-5-7-8/h8-9H,3-7,11H2,1-2H3/t9-/m1/s1. The number of amides is 1. The molecule has 0 saturated heterocycles. The predicted octanol–water partition coefficient (Wildman–Crippen LogP) is 0.914. The number of nitrogens with two attached hydrogens (primary N) is 1. The van der Waals surface area contributed by atoms with Gasteiger partial charge >= 0.3 is 0 Å². The number of carbonyl (C=O) groups excluding carboxylic acids is 1. The molecule has 1 rings (SSSR count). The van der Waals surface area contributed by atoms with Crippen molar-refractivity contribution in [1.29, 1.82) is 0 Å². The second-order valence-corrected chi connectivity index (χ2v) is 3.94. The summed E-state index contributed by atoms with van der Waals surface area (Å²) in [7, 11) is 3.08. The van der Waals surface area contributed by atoms with Crippen LogP contribution >= 0.6 is 0 Å². The van der Waals surface area contributed by atoms with Gasteiger partial charge in [0.1, 0.15) is 0 Å². The van der Waals surface area contributed by atoms with Crippen molar-refractivity contribution in [3.63, 3.8) is 0 Å². The van der Waals surface area contributed by atoms with Crippen LogP contribution in [0.15, 0.2) is 0 Å². The lowest BCUT2D eigenvalue weighted by Gasteiger charge is -2.28. The summed E-state index contributed by atoms with van der Waals surface area (Å²) in [6.45, 7) is 0. The van der Waals surface area contributed by atoms with Crippen LogP contribution in [0.5, 0.6) is 0 Å². The first-order valence-electron chi connectivity index (χ1n) is 5.24. The van der Waals surface area contributed by atoms with E-state index in [0.29, 0.717) is 5.92 Å². The summed E-state index contributed by atoms with van der Waals surface area (Å²) >= 11 is 0. The van der Waals surface area contributed by atoms with Gasteiger partial charge in [0.25, 0.3) is 5.91 Å². The predicted molar refractivity (Wildman–Crippen MR) is 54.3 cm³/mol. The highest BCUT2D eigenvalue weighted by Gasteiger charge is 2.28. The number of hydrogen-bond donors (Lipinski definition) is 1. The van der Waals surface area contributed by atoms with Gasteiger partial charge in [-0.15, -0.1) is 0 Å². The zero-order valence-corrected chi connectivity index (χ0v) is 9.03. The van der Waals surface area contributed by atoms with E-state index >= 15 is 0 Å². The molecule has 4 nitrogen and oxygen atoms in total. The van der Waals surface area contributed by atoms with Gasteiger partial charge < -0.3 is 5.73 Å². The van der Waals surface area contributed by atoms with E-state index < -0.39 is 0 Å². The lowest BCUT2D eigenvalue weighted by atomic mass is 9.84. The Hall–Kier alpha value is -0.610. The van der Waals surface area contributed by atoms with Gasteiger partial charge in [-0.3, -0.25) is 9.63 Å². The summed E-state index contributed by atoms with van der Waals surface area (Å²) in [6.07, 6.45) is 5.82. The molecule has 0 aromatic heterocycles. The fraction of sp³-hybridized carbons (Fsp3) is 0.900. The van der Waals surface area contributed by atoms with Gasteiger partial charge in [0.05, 0.1) is 13.2 Å². The second-order valence-electron chi connectivity index (χ2n) is 3.94. The molecule has 2 N–H and O–H groups in total. The van der Waals surface area contributed by atoms with Crippen molar-refractivity contribution in [3.05, 3.63) is 0 Å². The van der Waals surface area contributed by atoms with E-state index in [2.05, 4.69) is 0 Å². The van der Waals surface area contributed by atoms with E-state index in [-0.39, 0.29) is 11.9 Å². The van der Waals surface area contributed by atoms with Crippen molar-refractivity contribution in [2.75, 3.05) is 14.2 Å². The Morgan fingerprint density at radius 1 is 1.43 bits per heavy atom. The van der Waals surface area contributed by atoms with E-state index in [1.165, 1.54) is 31.4 Å². The number of hydrogen-bond acceptors (Lipinski definition) is 3. The van der Waals surface area contributed by atoms with Crippen LogP contribution in [0.2, 0.25) is 0 Å². The van der Waals surface area contributed by atoms with Crippen molar-refractivity contribution < 1.29 is 9.63 Å². The Balaban J connectivity index is 2.45. The molecule has 1 aliphatic rings. The van der Waals surface area contributed by atoms with Crippen molar-refractivity contribution in [2.45, 2.75) is 38.1 Å². The zero-order chi connectivity index (χ0) is 10.6. The highest BCUT2D eigenvalue weighted by atomic mass is 16.7. The van der Waals surface area contributed by atoms with Crippen LogP contribution in [0.4, 0.5) is 0 Å². The van der Waals surface area contributed by atoms with Crippen LogP contribution in [-0.4, -0.2) is 31.2 Å². The minimum atomic E-state index is -0.389. The summed E-state index contributed by atoms with van der Waals surface area (Å²) in [6, 6.07) is -0.389. The molecule has 1 fully saturated rings. The van der Waals surface area contributed by atoms with Gasteiger partial charge in [-0.05, 0) is 18.8 Å². The summed E-state index contributed by atoms with van der Waals surface area (Å²) in [5.41, 5.74) is 5.90. The molecule has 0 aliphatic heterocycles. The van der Waals surface area contributed by atoms with E-state index in [4.69, 9.17) is 10.6 Å². The molecule has 1 saturated carbocycles. The highest BCUT2D eigenvalue weighted by molar-refractivity contribution is 5.80. The average Bonchev–Trinajstić information content (AvgIpc) is 2.27. The third kappa shape index (κ3) is 2.69. The first kappa shape index (κ1) is 11.5. The highest BCUT2D eigenvalue weighted by Crippen LogP contribution is 2.26. The summed E-state index contributed by atoms with van der Waals surface area (Å²) in [5, 5.41) is 1.22. The molecule has 1 atom stereocenters. The Bertz CT molecular complexity index is 191. The number of hydroxylamine groups is 2. The van der Waals surface area contributed by atoms with Crippen LogP contribution in [0.25, 0.3) is 0 Å². The molecule has 0 heterocycles. The normalized spacial score (nSPS) is 20.5. The van der Waals surface area contributed by atoms with Gasteiger partial charge in [-0.1, -0.05) is 19.3 Å². The molecule has 82 valence electrons. The van der Waals surface area contributed by atoms with Crippen molar-refractivity contribution in [1.82, 2.24) is 5.06 Å². The zero-order valence-electron chi connectivity index (χ0n) is 9.03. The van der Waals surface area contributed by atoms with E-state index in [1.54, 1.807) is 7.05 Å². The maximum absolute atomic E-state index is 11.6. The molecular formula is C10H20N2O2. The Morgan fingerprint density at radius 3 is 2.50 bits per heavy atom. The molecule has 4 heteroatoms. The summed E-state index contributed by atoms with van der Waals surface area (Å²) < 4.78 is 0. The minimum absolute atomic E-state index is 0.112. The summed E-state index contributed by atoms with van der Waals surface area (Å²) in [4.78, 5) is 16.5.